The quantitative estimate of drug-likeness (QED) is 0.275. The SMILES string of the molecule is CC(=O)c1cccc(N=C2S/C(=C3\Sc4ccc(Cl)cc4N3C)C(=O)N2CCc2ccccc2)c1. The maximum absolute atomic E-state index is 13.7. The molecule has 2 heterocycles. The van der Waals surface area contributed by atoms with Gasteiger partial charge in [-0.1, -0.05) is 65.8 Å². The Hall–Kier alpha value is -3.00. The molecule has 3 aromatic rings. The van der Waals surface area contributed by atoms with Gasteiger partial charge in [0.1, 0.15) is 4.91 Å². The molecular formula is C27H22ClN3O2S2. The molecule has 1 amide bonds. The molecular weight excluding hydrogens is 498 g/mol. The van der Waals surface area contributed by atoms with Crippen molar-refractivity contribution in [2.24, 2.45) is 4.99 Å². The molecule has 0 saturated carbocycles. The lowest BCUT2D eigenvalue weighted by Crippen LogP contribution is -2.31. The van der Waals surface area contributed by atoms with Crippen molar-refractivity contribution in [2.75, 3.05) is 18.5 Å². The Kier molecular flexibility index (Phi) is 6.73. The van der Waals surface area contributed by atoms with Crippen LogP contribution >= 0.6 is 35.1 Å². The van der Waals surface area contributed by atoms with Crippen LogP contribution in [0.15, 0.2) is 92.6 Å². The number of hydrogen-bond acceptors (Lipinski definition) is 6. The van der Waals surface area contributed by atoms with Gasteiger partial charge in [-0.2, -0.15) is 0 Å². The van der Waals surface area contributed by atoms with Gasteiger partial charge in [-0.05, 0) is 61.0 Å². The Morgan fingerprint density at radius 2 is 1.80 bits per heavy atom. The number of amidine groups is 1. The molecule has 0 N–H and O–H groups in total. The maximum Gasteiger partial charge on any atom is 0.269 e. The van der Waals surface area contributed by atoms with Crippen LogP contribution in [0.25, 0.3) is 0 Å². The number of thioether (sulfide) groups is 2. The first-order chi connectivity index (χ1) is 16.9. The fourth-order valence-corrected chi connectivity index (χ4v) is 6.44. The third-order valence-electron chi connectivity index (χ3n) is 5.80. The molecule has 8 heteroatoms. The number of benzene rings is 3. The van der Waals surface area contributed by atoms with Crippen molar-refractivity contribution in [3.8, 4) is 0 Å². The van der Waals surface area contributed by atoms with E-state index in [4.69, 9.17) is 16.6 Å². The second-order valence-corrected chi connectivity index (χ2v) is 10.6. The summed E-state index contributed by atoms with van der Waals surface area (Å²) >= 11 is 9.16. The van der Waals surface area contributed by atoms with Crippen molar-refractivity contribution in [2.45, 2.75) is 18.2 Å². The molecule has 35 heavy (non-hydrogen) atoms. The van der Waals surface area contributed by atoms with Gasteiger partial charge in [0.25, 0.3) is 5.91 Å². The first-order valence-corrected chi connectivity index (χ1v) is 13.1. The predicted molar refractivity (Wildman–Crippen MR) is 146 cm³/mol. The van der Waals surface area contributed by atoms with Gasteiger partial charge in [0, 0.05) is 29.1 Å². The zero-order valence-electron chi connectivity index (χ0n) is 19.2. The van der Waals surface area contributed by atoms with E-state index in [9.17, 15) is 9.59 Å². The Labute approximate surface area is 217 Å². The van der Waals surface area contributed by atoms with Crippen molar-refractivity contribution in [3.05, 3.63) is 98.9 Å². The van der Waals surface area contributed by atoms with Gasteiger partial charge in [-0.25, -0.2) is 4.99 Å². The number of hydrogen-bond donors (Lipinski definition) is 0. The van der Waals surface area contributed by atoms with E-state index in [2.05, 4.69) is 12.1 Å². The minimum atomic E-state index is -0.0688. The number of rotatable bonds is 5. The van der Waals surface area contributed by atoms with Crippen molar-refractivity contribution in [1.82, 2.24) is 4.90 Å². The third kappa shape index (κ3) is 4.89. The summed E-state index contributed by atoms with van der Waals surface area (Å²) in [5.41, 5.74) is 3.37. The van der Waals surface area contributed by atoms with Gasteiger partial charge >= 0.3 is 0 Å². The number of Topliss-reactive ketones (excluding diaryl/α,β-unsaturated/α-hetero) is 1. The molecule has 5 nitrogen and oxygen atoms in total. The van der Waals surface area contributed by atoms with E-state index in [0.29, 0.717) is 39.3 Å². The first-order valence-electron chi connectivity index (χ1n) is 11.1. The topological polar surface area (TPSA) is 53.0 Å². The van der Waals surface area contributed by atoms with Crippen molar-refractivity contribution < 1.29 is 9.59 Å². The van der Waals surface area contributed by atoms with Crippen LogP contribution < -0.4 is 4.90 Å². The van der Waals surface area contributed by atoms with Crippen LogP contribution in [0, 0.1) is 0 Å². The Morgan fingerprint density at radius 3 is 2.57 bits per heavy atom. The fraction of sp³-hybridized carbons (Fsp3) is 0.148. The average Bonchev–Trinajstić information content (AvgIpc) is 3.34. The van der Waals surface area contributed by atoms with E-state index in [1.807, 2.05) is 60.5 Å². The molecule has 1 fully saturated rings. The summed E-state index contributed by atoms with van der Waals surface area (Å²) in [6, 6.07) is 23.0. The van der Waals surface area contributed by atoms with Crippen molar-refractivity contribution >= 4 is 63.4 Å². The number of ketones is 1. The van der Waals surface area contributed by atoms with Crippen LogP contribution in [0.3, 0.4) is 0 Å². The highest BCUT2D eigenvalue weighted by molar-refractivity contribution is 8.19. The molecule has 0 unspecified atom stereocenters. The van der Waals surface area contributed by atoms with Crippen LogP contribution in [0.1, 0.15) is 22.8 Å². The highest BCUT2D eigenvalue weighted by Gasteiger charge is 2.39. The zero-order valence-corrected chi connectivity index (χ0v) is 21.6. The first kappa shape index (κ1) is 23.7. The standard InChI is InChI=1S/C27H22ClN3O2S2/c1-17(32)19-9-6-10-21(15-19)29-27-31(14-13-18-7-4-3-5-8-18)25(33)24(35-27)26-30(2)22-16-20(28)11-12-23(22)34-26/h3-12,15-16H,13-14H2,1-2H3/b26-24-,29-27?. The molecule has 2 aliphatic heterocycles. The fourth-order valence-electron chi connectivity index (χ4n) is 3.93. The number of carbonyl (C=O) groups excluding carboxylic acids is 2. The average molecular weight is 520 g/mol. The Balaban J connectivity index is 1.51. The number of amides is 1. The number of anilines is 1. The molecule has 0 spiro atoms. The van der Waals surface area contributed by atoms with Gasteiger partial charge in [0.15, 0.2) is 11.0 Å². The van der Waals surface area contributed by atoms with Gasteiger partial charge in [-0.3, -0.25) is 14.5 Å². The molecule has 0 bridgehead atoms. The van der Waals surface area contributed by atoms with Crippen molar-refractivity contribution in [1.29, 1.82) is 0 Å². The van der Waals surface area contributed by atoms with E-state index < -0.39 is 0 Å². The lowest BCUT2D eigenvalue weighted by atomic mass is 10.1. The molecule has 1 saturated heterocycles. The van der Waals surface area contributed by atoms with E-state index >= 15 is 0 Å². The largest absolute Gasteiger partial charge is 0.337 e. The molecule has 2 aliphatic rings. The number of carbonyl (C=O) groups is 2. The lowest BCUT2D eigenvalue weighted by Gasteiger charge is -2.17. The number of halogens is 1. The van der Waals surface area contributed by atoms with Crippen LogP contribution in [-0.4, -0.2) is 35.4 Å². The molecule has 176 valence electrons. The van der Waals surface area contributed by atoms with Crippen molar-refractivity contribution in [3.63, 3.8) is 0 Å². The highest BCUT2D eigenvalue weighted by Crippen LogP contribution is 2.50. The molecule has 0 aromatic heterocycles. The van der Waals surface area contributed by atoms with Crippen LogP contribution in [0.2, 0.25) is 5.02 Å². The third-order valence-corrected chi connectivity index (χ3v) is 8.46. The van der Waals surface area contributed by atoms with Gasteiger partial charge in [0.2, 0.25) is 0 Å². The molecule has 3 aromatic carbocycles. The van der Waals surface area contributed by atoms with Crippen LogP contribution in [-0.2, 0) is 11.2 Å². The summed E-state index contributed by atoms with van der Waals surface area (Å²) in [6.07, 6.45) is 0.709. The maximum atomic E-state index is 13.7. The highest BCUT2D eigenvalue weighted by atomic mass is 35.5. The smallest absolute Gasteiger partial charge is 0.269 e. The van der Waals surface area contributed by atoms with E-state index in [1.54, 1.807) is 28.8 Å². The number of aliphatic imine (C=N–C) groups is 1. The number of nitrogens with zero attached hydrogens (tertiary/aromatic N) is 3. The Morgan fingerprint density at radius 1 is 1.00 bits per heavy atom. The summed E-state index contributed by atoms with van der Waals surface area (Å²) in [5.74, 6) is -0.0907. The second kappa shape index (κ2) is 9.93. The lowest BCUT2D eigenvalue weighted by molar-refractivity contribution is -0.122. The second-order valence-electron chi connectivity index (χ2n) is 8.20. The van der Waals surface area contributed by atoms with Gasteiger partial charge < -0.3 is 4.90 Å². The molecule has 0 radical (unpaired) electrons. The van der Waals surface area contributed by atoms with E-state index in [0.717, 1.165) is 21.2 Å². The Bertz CT molecular complexity index is 1390. The summed E-state index contributed by atoms with van der Waals surface area (Å²) in [5, 5.41) is 2.13. The zero-order chi connectivity index (χ0) is 24.5. The van der Waals surface area contributed by atoms with Gasteiger partial charge in [0.05, 0.1) is 16.4 Å². The van der Waals surface area contributed by atoms with Gasteiger partial charge in [-0.15, -0.1) is 0 Å². The summed E-state index contributed by atoms with van der Waals surface area (Å²) in [7, 11) is 1.95. The normalized spacial score (nSPS) is 18.5. The summed E-state index contributed by atoms with van der Waals surface area (Å²) in [6.45, 7) is 2.04. The number of fused-ring (bicyclic) bond motifs is 1. The molecule has 0 aliphatic carbocycles. The molecule has 0 atom stereocenters. The molecule has 5 rings (SSSR count). The van der Waals surface area contributed by atoms with Crippen LogP contribution in [0.5, 0.6) is 0 Å². The minimum Gasteiger partial charge on any atom is -0.337 e. The predicted octanol–water partition coefficient (Wildman–Crippen LogP) is 6.76. The summed E-state index contributed by atoms with van der Waals surface area (Å²) < 4.78 is 0. The minimum absolute atomic E-state index is 0.0219. The van der Waals surface area contributed by atoms with E-state index in [-0.39, 0.29) is 11.7 Å². The van der Waals surface area contributed by atoms with E-state index in [1.165, 1.54) is 18.7 Å². The monoisotopic (exact) mass is 519 g/mol. The van der Waals surface area contributed by atoms with Crippen LogP contribution in [0.4, 0.5) is 11.4 Å². The summed E-state index contributed by atoms with van der Waals surface area (Å²) in [4.78, 5) is 35.8.